The second-order valence-corrected chi connectivity index (χ2v) is 8.94. The number of benzene rings is 4. The van der Waals surface area contributed by atoms with E-state index in [1.54, 1.807) is 24.3 Å². The van der Waals surface area contributed by atoms with Crippen molar-refractivity contribution < 1.29 is 9.90 Å². The van der Waals surface area contributed by atoms with Crippen LogP contribution in [0.15, 0.2) is 99.6 Å². The maximum absolute atomic E-state index is 12.8. The van der Waals surface area contributed by atoms with E-state index >= 15 is 0 Å². The first kappa shape index (κ1) is 21.9. The Labute approximate surface area is 204 Å². The molecular formula is C27H21BrN4O2. The van der Waals surface area contributed by atoms with E-state index in [1.807, 2.05) is 49.4 Å². The van der Waals surface area contributed by atoms with Gasteiger partial charge in [0.25, 0.3) is 5.91 Å². The van der Waals surface area contributed by atoms with E-state index < -0.39 is 0 Å². The number of carbonyl (C=O) groups excluding carboxylic acids is 1. The molecule has 0 radical (unpaired) electrons. The molecule has 0 aliphatic carbocycles. The molecular weight excluding hydrogens is 492 g/mol. The minimum atomic E-state index is -0.164. The maximum Gasteiger partial charge on any atom is 0.251 e. The van der Waals surface area contributed by atoms with Crippen molar-refractivity contribution >= 4 is 54.9 Å². The lowest BCUT2D eigenvalue weighted by atomic mass is 9.99. The van der Waals surface area contributed by atoms with E-state index in [9.17, 15) is 9.90 Å². The fraction of sp³-hybridized carbons (Fsp3) is 0.0741. The standard InChI is InChI=1S/C27H21BrN4O2/c1-16(21-8-4-6-17-5-2-3-7-22(17)21)29-26(33)18-9-12-20(13-10-18)31-32-25-23-15-19(28)11-14-24(23)30-27(25)34/h2-16,30,34H,1H3,(H,29,33). The SMILES string of the molecule is CC(NC(=O)c1ccc(N=Nc2c(O)[nH]c3ccc(Br)cc23)cc1)c1cccc2ccccc12. The lowest BCUT2D eigenvalue weighted by Gasteiger charge is -2.16. The van der Waals surface area contributed by atoms with Gasteiger partial charge in [0.1, 0.15) is 0 Å². The third-order valence-electron chi connectivity index (χ3n) is 5.75. The molecule has 4 aromatic carbocycles. The highest BCUT2D eigenvalue weighted by atomic mass is 79.9. The second-order valence-electron chi connectivity index (χ2n) is 8.02. The third-order valence-corrected chi connectivity index (χ3v) is 6.24. The Hall–Kier alpha value is -3.97. The lowest BCUT2D eigenvalue weighted by molar-refractivity contribution is 0.0940. The average Bonchev–Trinajstić information content (AvgIpc) is 3.16. The van der Waals surface area contributed by atoms with Crippen molar-refractivity contribution in [3.05, 3.63) is 101 Å². The first-order chi connectivity index (χ1) is 16.5. The number of amides is 1. The minimum absolute atomic E-state index is 0.0460. The number of rotatable bonds is 5. The third kappa shape index (κ3) is 4.30. The molecule has 1 unspecified atom stereocenters. The van der Waals surface area contributed by atoms with Crippen LogP contribution in [0.2, 0.25) is 0 Å². The molecule has 0 fully saturated rings. The van der Waals surface area contributed by atoms with Gasteiger partial charge in [0.05, 0.1) is 17.2 Å². The predicted molar refractivity (Wildman–Crippen MR) is 138 cm³/mol. The number of hydrogen-bond acceptors (Lipinski definition) is 4. The van der Waals surface area contributed by atoms with Crippen LogP contribution in [0.5, 0.6) is 5.88 Å². The monoisotopic (exact) mass is 512 g/mol. The van der Waals surface area contributed by atoms with E-state index in [1.165, 1.54) is 0 Å². The number of aromatic hydroxyl groups is 1. The highest BCUT2D eigenvalue weighted by Gasteiger charge is 2.14. The first-order valence-corrected chi connectivity index (χ1v) is 11.6. The van der Waals surface area contributed by atoms with Crippen molar-refractivity contribution in [3.8, 4) is 5.88 Å². The number of carbonyl (C=O) groups is 1. The van der Waals surface area contributed by atoms with Crippen molar-refractivity contribution in [2.75, 3.05) is 0 Å². The Morgan fingerprint density at radius 3 is 2.53 bits per heavy atom. The van der Waals surface area contributed by atoms with Crippen LogP contribution >= 0.6 is 15.9 Å². The van der Waals surface area contributed by atoms with Gasteiger partial charge in [-0.1, -0.05) is 58.4 Å². The summed E-state index contributed by atoms with van der Waals surface area (Å²) in [6.07, 6.45) is 0. The van der Waals surface area contributed by atoms with E-state index in [0.29, 0.717) is 16.9 Å². The topological polar surface area (TPSA) is 89.8 Å². The number of aromatic nitrogens is 1. The van der Waals surface area contributed by atoms with Crippen LogP contribution in [0.25, 0.3) is 21.7 Å². The zero-order chi connectivity index (χ0) is 23.7. The molecule has 5 aromatic rings. The zero-order valence-electron chi connectivity index (χ0n) is 18.3. The molecule has 0 saturated carbocycles. The normalized spacial score (nSPS) is 12.4. The lowest BCUT2D eigenvalue weighted by Crippen LogP contribution is -2.26. The Morgan fingerprint density at radius 1 is 0.941 bits per heavy atom. The fourth-order valence-corrected chi connectivity index (χ4v) is 4.37. The molecule has 1 heterocycles. The molecule has 0 saturated heterocycles. The van der Waals surface area contributed by atoms with Gasteiger partial charge in [-0.3, -0.25) is 4.79 Å². The molecule has 7 heteroatoms. The first-order valence-electron chi connectivity index (χ1n) is 10.8. The Balaban J connectivity index is 1.32. The van der Waals surface area contributed by atoms with Crippen molar-refractivity contribution in [2.45, 2.75) is 13.0 Å². The minimum Gasteiger partial charge on any atom is -0.493 e. The molecule has 1 aromatic heterocycles. The van der Waals surface area contributed by atoms with Crippen LogP contribution in [-0.2, 0) is 0 Å². The summed E-state index contributed by atoms with van der Waals surface area (Å²) >= 11 is 3.43. The van der Waals surface area contributed by atoms with Crippen LogP contribution in [0, 0.1) is 0 Å². The van der Waals surface area contributed by atoms with Gasteiger partial charge in [-0.05, 0) is 65.7 Å². The Bertz CT molecular complexity index is 1530. The quantitative estimate of drug-likeness (QED) is 0.210. The van der Waals surface area contributed by atoms with Gasteiger partial charge in [-0.2, -0.15) is 5.11 Å². The smallest absolute Gasteiger partial charge is 0.251 e. The summed E-state index contributed by atoms with van der Waals surface area (Å²) in [6.45, 7) is 1.98. The van der Waals surface area contributed by atoms with Crippen molar-refractivity contribution in [3.63, 3.8) is 0 Å². The highest BCUT2D eigenvalue weighted by molar-refractivity contribution is 9.10. The number of fused-ring (bicyclic) bond motifs is 2. The van der Waals surface area contributed by atoms with Gasteiger partial charge >= 0.3 is 0 Å². The maximum atomic E-state index is 12.8. The van der Waals surface area contributed by atoms with Gasteiger partial charge < -0.3 is 15.4 Å². The number of H-pyrrole nitrogens is 1. The summed E-state index contributed by atoms with van der Waals surface area (Å²) in [5.74, 6) is -0.210. The molecule has 3 N–H and O–H groups in total. The molecule has 1 atom stereocenters. The van der Waals surface area contributed by atoms with Crippen LogP contribution in [0.4, 0.5) is 11.4 Å². The molecule has 5 rings (SSSR count). The fourth-order valence-electron chi connectivity index (χ4n) is 4.01. The van der Waals surface area contributed by atoms with Crippen LogP contribution in [-0.4, -0.2) is 16.0 Å². The molecule has 34 heavy (non-hydrogen) atoms. The highest BCUT2D eigenvalue weighted by Crippen LogP contribution is 2.37. The van der Waals surface area contributed by atoms with E-state index in [2.05, 4.69) is 54.7 Å². The number of azo groups is 1. The molecule has 1 amide bonds. The second kappa shape index (κ2) is 9.11. The van der Waals surface area contributed by atoms with Crippen molar-refractivity contribution in [2.24, 2.45) is 10.2 Å². The van der Waals surface area contributed by atoms with Crippen LogP contribution in [0.3, 0.4) is 0 Å². The summed E-state index contributed by atoms with van der Waals surface area (Å²) in [5.41, 5.74) is 3.30. The van der Waals surface area contributed by atoms with E-state index in [-0.39, 0.29) is 17.8 Å². The number of aromatic amines is 1. The summed E-state index contributed by atoms with van der Waals surface area (Å²) < 4.78 is 0.878. The molecule has 0 aliphatic heterocycles. The number of halogens is 1. The van der Waals surface area contributed by atoms with Gasteiger partial charge in [0, 0.05) is 15.4 Å². The molecule has 0 spiro atoms. The summed E-state index contributed by atoms with van der Waals surface area (Å²) in [7, 11) is 0. The molecule has 0 aliphatic rings. The van der Waals surface area contributed by atoms with E-state index in [0.717, 1.165) is 31.7 Å². The molecule has 0 bridgehead atoms. The summed E-state index contributed by atoms with van der Waals surface area (Å²) in [6, 6.07) is 26.6. The molecule has 168 valence electrons. The number of hydrogen-bond donors (Lipinski definition) is 3. The van der Waals surface area contributed by atoms with Crippen LogP contribution in [0.1, 0.15) is 28.9 Å². The summed E-state index contributed by atoms with van der Waals surface area (Å²) in [5, 5.41) is 24.7. The predicted octanol–water partition coefficient (Wildman–Crippen LogP) is 7.70. The Kier molecular flexibility index (Phi) is 5.86. The van der Waals surface area contributed by atoms with E-state index in [4.69, 9.17) is 0 Å². The van der Waals surface area contributed by atoms with Gasteiger partial charge in [0.2, 0.25) is 5.88 Å². The number of nitrogens with zero attached hydrogens (tertiary/aromatic N) is 2. The Morgan fingerprint density at radius 2 is 1.71 bits per heavy atom. The van der Waals surface area contributed by atoms with Crippen LogP contribution < -0.4 is 5.32 Å². The summed E-state index contributed by atoms with van der Waals surface area (Å²) in [4.78, 5) is 15.7. The largest absolute Gasteiger partial charge is 0.493 e. The van der Waals surface area contributed by atoms with Gasteiger partial charge in [-0.15, -0.1) is 5.11 Å². The van der Waals surface area contributed by atoms with Gasteiger partial charge in [0.15, 0.2) is 5.69 Å². The molecule has 6 nitrogen and oxygen atoms in total. The number of nitrogens with one attached hydrogen (secondary N) is 2. The zero-order valence-corrected chi connectivity index (χ0v) is 19.9. The van der Waals surface area contributed by atoms with Crippen molar-refractivity contribution in [1.82, 2.24) is 10.3 Å². The average molecular weight is 513 g/mol. The van der Waals surface area contributed by atoms with Gasteiger partial charge in [-0.25, -0.2) is 0 Å². The van der Waals surface area contributed by atoms with Crippen molar-refractivity contribution in [1.29, 1.82) is 0 Å².